The summed E-state index contributed by atoms with van der Waals surface area (Å²) in [6.45, 7) is 0. The Balaban J connectivity index is 1.96. The van der Waals surface area contributed by atoms with Gasteiger partial charge in [-0.15, -0.1) is 0 Å². The van der Waals surface area contributed by atoms with E-state index in [-0.39, 0.29) is 0 Å². The number of nitrogens with one attached hydrogen (secondary N) is 1. The number of hydrogen-bond acceptors (Lipinski definition) is 3. The number of amides is 1. The van der Waals surface area contributed by atoms with Gasteiger partial charge in [-0.2, -0.15) is 5.10 Å². The van der Waals surface area contributed by atoms with Gasteiger partial charge in [0.15, 0.2) is 0 Å². The molecular weight excluding hydrogens is 266 g/mol. The van der Waals surface area contributed by atoms with Crippen LogP contribution in [0.1, 0.15) is 10.4 Å². The minimum atomic E-state index is -0.450. The molecule has 1 amide bonds. The van der Waals surface area contributed by atoms with Gasteiger partial charge in [-0.1, -0.05) is 0 Å². The number of aromatic nitrogens is 2. The quantitative estimate of drug-likeness (QED) is 0.590. The molecule has 0 unspecified atom stereocenters. The Bertz CT molecular complexity index is 981. The molecule has 2 aromatic carbocycles. The molecule has 0 aliphatic carbocycles. The molecule has 0 fully saturated rings. The van der Waals surface area contributed by atoms with Gasteiger partial charge in [0.2, 0.25) is 5.91 Å². The van der Waals surface area contributed by atoms with Crippen molar-refractivity contribution >= 4 is 27.8 Å². The molecule has 0 aliphatic heterocycles. The fourth-order valence-electron chi connectivity index (χ4n) is 2.50. The van der Waals surface area contributed by atoms with Crippen LogP contribution in [0.3, 0.4) is 0 Å². The summed E-state index contributed by atoms with van der Waals surface area (Å²) in [4.78, 5) is 11.3. The van der Waals surface area contributed by atoms with Crippen molar-refractivity contribution in [2.75, 3.05) is 0 Å². The van der Waals surface area contributed by atoms with E-state index < -0.39 is 5.91 Å². The molecule has 0 radical (unpaired) electrons. The van der Waals surface area contributed by atoms with Crippen molar-refractivity contribution in [3.05, 3.63) is 54.3 Å². The Hall–Kier alpha value is -3.08. The van der Waals surface area contributed by atoms with Crippen LogP contribution in [0.4, 0.5) is 0 Å². The molecule has 0 saturated carbocycles. The van der Waals surface area contributed by atoms with Gasteiger partial charge < -0.3 is 10.2 Å². The van der Waals surface area contributed by atoms with Crippen molar-refractivity contribution in [2.24, 2.45) is 5.73 Å². The van der Waals surface area contributed by atoms with Crippen LogP contribution in [0.2, 0.25) is 0 Å². The van der Waals surface area contributed by atoms with Crippen molar-refractivity contribution in [1.29, 1.82) is 0 Å². The number of nitrogens with two attached hydrogens (primary N) is 1. The highest BCUT2D eigenvalue weighted by molar-refractivity contribution is 6.01. The number of H-pyrrole nitrogens is 1. The Morgan fingerprint density at radius 2 is 2.05 bits per heavy atom. The Morgan fingerprint density at radius 3 is 2.90 bits per heavy atom. The van der Waals surface area contributed by atoms with Crippen LogP contribution in [0, 0.1) is 0 Å². The van der Waals surface area contributed by atoms with E-state index in [0.717, 1.165) is 33.1 Å². The van der Waals surface area contributed by atoms with Gasteiger partial charge in [-0.3, -0.25) is 9.89 Å². The number of carbonyl (C=O) groups is 1. The standard InChI is InChI=1S/C16H11N3O2/c17-16(20)11-1-3-13-12(8-11)15(19-18-13)10-2-4-14-9(7-10)5-6-21-14/h1-8H,(H2,17,20)(H,18,19). The number of hydrogen-bond donors (Lipinski definition) is 2. The number of fused-ring (bicyclic) bond motifs is 2. The smallest absolute Gasteiger partial charge is 0.248 e. The first kappa shape index (κ1) is 11.7. The van der Waals surface area contributed by atoms with Crippen molar-refractivity contribution in [1.82, 2.24) is 10.2 Å². The monoisotopic (exact) mass is 277 g/mol. The van der Waals surface area contributed by atoms with Gasteiger partial charge >= 0.3 is 0 Å². The Labute approximate surface area is 119 Å². The zero-order valence-corrected chi connectivity index (χ0v) is 11.0. The summed E-state index contributed by atoms with van der Waals surface area (Å²) in [5.41, 5.74) is 9.24. The summed E-state index contributed by atoms with van der Waals surface area (Å²) in [7, 11) is 0. The molecule has 0 saturated heterocycles. The Morgan fingerprint density at radius 1 is 1.14 bits per heavy atom. The lowest BCUT2D eigenvalue weighted by molar-refractivity contribution is 0.100. The molecule has 5 heteroatoms. The lowest BCUT2D eigenvalue weighted by Crippen LogP contribution is -2.10. The second-order valence-corrected chi connectivity index (χ2v) is 4.87. The van der Waals surface area contributed by atoms with E-state index in [1.54, 1.807) is 18.4 Å². The largest absolute Gasteiger partial charge is 0.464 e. The molecule has 0 atom stereocenters. The van der Waals surface area contributed by atoms with Crippen LogP contribution in [0.15, 0.2) is 53.1 Å². The molecule has 2 heterocycles. The minimum absolute atomic E-state index is 0.450. The average molecular weight is 277 g/mol. The molecule has 0 bridgehead atoms. The normalized spacial score (nSPS) is 11.2. The van der Waals surface area contributed by atoms with Gasteiger partial charge in [-0.05, 0) is 42.5 Å². The average Bonchev–Trinajstić information content (AvgIpc) is 3.12. The first-order valence-electron chi connectivity index (χ1n) is 6.48. The predicted molar refractivity (Wildman–Crippen MR) is 79.8 cm³/mol. The van der Waals surface area contributed by atoms with Gasteiger partial charge in [-0.25, -0.2) is 0 Å². The summed E-state index contributed by atoms with van der Waals surface area (Å²) in [6, 6.07) is 13.0. The number of primary amides is 1. The summed E-state index contributed by atoms with van der Waals surface area (Å²) in [5, 5.41) is 9.20. The third kappa shape index (κ3) is 1.79. The maximum atomic E-state index is 11.3. The molecule has 102 valence electrons. The number of carbonyl (C=O) groups excluding carboxylic acids is 1. The van der Waals surface area contributed by atoms with E-state index in [9.17, 15) is 4.79 Å². The maximum absolute atomic E-state index is 11.3. The van der Waals surface area contributed by atoms with Crippen molar-refractivity contribution in [3.63, 3.8) is 0 Å². The first-order chi connectivity index (χ1) is 10.2. The number of furan rings is 1. The van der Waals surface area contributed by atoms with Crippen molar-refractivity contribution < 1.29 is 9.21 Å². The lowest BCUT2D eigenvalue weighted by atomic mass is 10.0. The summed E-state index contributed by atoms with van der Waals surface area (Å²) >= 11 is 0. The Kier molecular flexibility index (Phi) is 2.35. The van der Waals surface area contributed by atoms with E-state index in [1.165, 1.54) is 0 Å². The highest BCUT2D eigenvalue weighted by Gasteiger charge is 2.11. The summed E-state index contributed by atoms with van der Waals surface area (Å²) < 4.78 is 5.34. The topological polar surface area (TPSA) is 84.9 Å². The lowest BCUT2D eigenvalue weighted by Gasteiger charge is -2.00. The van der Waals surface area contributed by atoms with E-state index in [0.29, 0.717) is 5.56 Å². The number of aromatic amines is 1. The summed E-state index contributed by atoms with van der Waals surface area (Å²) in [6.07, 6.45) is 1.66. The molecule has 4 aromatic rings. The number of nitrogens with zero attached hydrogens (tertiary/aromatic N) is 1. The second-order valence-electron chi connectivity index (χ2n) is 4.87. The molecular formula is C16H11N3O2. The van der Waals surface area contributed by atoms with E-state index in [1.807, 2.05) is 30.3 Å². The minimum Gasteiger partial charge on any atom is -0.464 e. The van der Waals surface area contributed by atoms with Crippen LogP contribution < -0.4 is 5.73 Å². The number of benzene rings is 2. The molecule has 0 aliphatic rings. The highest BCUT2D eigenvalue weighted by atomic mass is 16.3. The zero-order chi connectivity index (χ0) is 14.4. The maximum Gasteiger partial charge on any atom is 0.248 e. The van der Waals surface area contributed by atoms with E-state index >= 15 is 0 Å². The third-order valence-electron chi connectivity index (χ3n) is 3.57. The van der Waals surface area contributed by atoms with Gasteiger partial charge in [0.05, 0.1) is 17.5 Å². The van der Waals surface area contributed by atoms with Gasteiger partial charge in [0.1, 0.15) is 5.58 Å². The fraction of sp³-hybridized carbons (Fsp3) is 0. The fourth-order valence-corrected chi connectivity index (χ4v) is 2.50. The van der Waals surface area contributed by atoms with Crippen LogP contribution in [-0.2, 0) is 0 Å². The molecule has 21 heavy (non-hydrogen) atoms. The van der Waals surface area contributed by atoms with E-state index in [4.69, 9.17) is 10.2 Å². The number of rotatable bonds is 2. The van der Waals surface area contributed by atoms with Crippen molar-refractivity contribution in [3.8, 4) is 11.3 Å². The van der Waals surface area contributed by atoms with E-state index in [2.05, 4.69) is 10.2 Å². The van der Waals surface area contributed by atoms with Crippen LogP contribution in [0.25, 0.3) is 33.1 Å². The molecule has 4 rings (SSSR count). The second kappa shape index (κ2) is 4.21. The predicted octanol–water partition coefficient (Wildman–Crippen LogP) is 3.08. The van der Waals surface area contributed by atoms with Gasteiger partial charge in [0, 0.05) is 21.9 Å². The van der Waals surface area contributed by atoms with Crippen molar-refractivity contribution in [2.45, 2.75) is 0 Å². The SMILES string of the molecule is NC(=O)c1ccc2[nH]nc(-c3ccc4occc4c3)c2c1. The summed E-state index contributed by atoms with van der Waals surface area (Å²) in [5.74, 6) is -0.450. The first-order valence-corrected chi connectivity index (χ1v) is 6.48. The van der Waals surface area contributed by atoms with Crippen LogP contribution in [-0.4, -0.2) is 16.1 Å². The third-order valence-corrected chi connectivity index (χ3v) is 3.57. The molecule has 3 N–H and O–H groups in total. The van der Waals surface area contributed by atoms with Crippen LogP contribution >= 0.6 is 0 Å². The molecule has 0 spiro atoms. The molecule has 2 aromatic heterocycles. The van der Waals surface area contributed by atoms with Crippen LogP contribution in [0.5, 0.6) is 0 Å². The zero-order valence-electron chi connectivity index (χ0n) is 11.0. The molecule has 5 nitrogen and oxygen atoms in total. The highest BCUT2D eigenvalue weighted by Crippen LogP contribution is 2.29. The van der Waals surface area contributed by atoms with Gasteiger partial charge in [0.25, 0.3) is 0 Å².